The van der Waals surface area contributed by atoms with E-state index < -0.39 is 11.2 Å². The minimum absolute atomic E-state index is 0.277. The molecule has 0 amide bonds. The van der Waals surface area contributed by atoms with Crippen LogP contribution in [0.5, 0.6) is 11.5 Å². The number of aliphatic hydroxyl groups excluding tert-OH is 1. The van der Waals surface area contributed by atoms with E-state index >= 15 is 0 Å². The number of nitrogens with one attached hydrogen (secondary N) is 1. The van der Waals surface area contributed by atoms with E-state index in [1.165, 1.54) is 0 Å². The Hall–Kier alpha value is -2.29. The van der Waals surface area contributed by atoms with Crippen molar-refractivity contribution in [1.82, 2.24) is 15.0 Å². The second-order valence-electron chi connectivity index (χ2n) is 5.46. The number of H-pyrrole nitrogens is 1. The Morgan fingerprint density at radius 1 is 1.19 bits per heavy atom. The lowest BCUT2D eigenvalue weighted by Gasteiger charge is -2.13. The van der Waals surface area contributed by atoms with Crippen molar-refractivity contribution in [3.05, 3.63) is 41.2 Å². The molecule has 7 nitrogen and oxygen atoms in total. The Balaban J connectivity index is 0.00000117. The molecule has 0 bridgehead atoms. The van der Waals surface area contributed by atoms with Crippen LogP contribution in [0.3, 0.4) is 0 Å². The zero-order valence-corrected chi connectivity index (χ0v) is 16.3. The quantitative estimate of drug-likeness (QED) is 0.662. The van der Waals surface area contributed by atoms with Gasteiger partial charge in [0.1, 0.15) is 11.5 Å². The summed E-state index contributed by atoms with van der Waals surface area (Å²) < 4.78 is 23.3. The molecule has 26 heavy (non-hydrogen) atoms. The third-order valence-corrected chi connectivity index (χ3v) is 5.06. The lowest BCUT2D eigenvalue weighted by Crippen LogP contribution is -2.10. The van der Waals surface area contributed by atoms with E-state index in [1.54, 1.807) is 20.4 Å². The molecule has 0 saturated carbocycles. The number of rotatable bonds is 5. The van der Waals surface area contributed by atoms with Crippen LogP contribution >= 0.6 is 0 Å². The Morgan fingerprint density at radius 2 is 1.92 bits per heavy atom. The van der Waals surface area contributed by atoms with Crippen molar-refractivity contribution in [2.75, 3.05) is 21.3 Å². The van der Waals surface area contributed by atoms with Crippen LogP contribution in [0.15, 0.2) is 29.6 Å². The van der Waals surface area contributed by atoms with E-state index in [2.05, 4.69) is 15.0 Å². The third-order valence-electron chi connectivity index (χ3n) is 3.90. The first-order chi connectivity index (χ1) is 12.5. The smallest absolute Gasteiger partial charge is 0.322 e. The van der Waals surface area contributed by atoms with Gasteiger partial charge in [0.05, 0.1) is 30.9 Å². The summed E-state index contributed by atoms with van der Waals surface area (Å²) in [7, 11) is 4.23. The number of fused-ring (bicyclic) bond motifs is 1. The van der Waals surface area contributed by atoms with Crippen molar-refractivity contribution < 1.29 is 19.1 Å². The molecule has 0 radical (unpaired) electrons. The van der Waals surface area contributed by atoms with Crippen LogP contribution in [-0.4, -0.2) is 45.9 Å². The number of aromatic amines is 1. The summed E-state index contributed by atoms with van der Waals surface area (Å²) >= 11 is -1.33. The number of pyridine rings is 1. The maximum atomic E-state index is 12.7. The van der Waals surface area contributed by atoms with Crippen molar-refractivity contribution in [3.8, 4) is 11.5 Å². The maximum Gasteiger partial charge on any atom is 0.322 e. The number of methoxy groups -OCH3 is 2. The molecule has 0 spiro atoms. The van der Waals surface area contributed by atoms with Crippen molar-refractivity contribution in [2.24, 2.45) is 0 Å². The number of imidazole rings is 1. The highest BCUT2D eigenvalue weighted by Crippen LogP contribution is 2.27. The fourth-order valence-corrected chi connectivity index (χ4v) is 3.71. The summed E-state index contributed by atoms with van der Waals surface area (Å²) in [5, 5.41) is 7.43. The first-order valence-corrected chi connectivity index (χ1v) is 9.21. The van der Waals surface area contributed by atoms with Crippen LogP contribution in [0.1, 0.15) is 16.8 Å². The molecule has 0 aliphatic carbocycles. The highest BCUT2D eigenvalue weighted by atomic mass is 32.2. The van der Waals surface area contributed by atoms with Gasteiger partial charge in [-0.05, 0) is 26.0 Å². The average molecular weight is 377 g/mol. The number of ether oxygens (including phenoxy) is 2. The number of hydrogen-bond donors (Lipinski definition) is 2. The van der Waals surface area contributed by atoms with Gasteiger partial charge in [-0.15, -0.1) is 0 Å². The van der Waals surface area contributed by atoms with Gasteiger partial charge in [-0.3, -0.25) is 9.97 Å². The SMILES string of the molecule is CO.COc1ccc2[nH]c([S@@+]([O-])Cc3ncc(C)c(OC)c3C)nc2c1. The lowest BCUT2D eigenvalue weighted by molar-refractivity contribution is 0.399. The molecule has 1 atom stereocenters. The van der Waals surface area contributed by atoms with Crippen LogP contribution in [0.2, 0.25) is 0 Å². The summed E-state index contributed by atoms with van der Waals surface area (Å²) in [6.07, 6.45) is 1.74. The van der Waals surface area contributed by atoms with Crippen LogP contribution in [0, 0.1) is 13.8 Å². The molecule has 0 fully saturated rings. The summed E-state index contributed by atoms with van der Waals surface area (Å²) in [5.41, 5.74) is 4.16. The number of hydrogen-bond acceptors (Lipinski definition) is 6. The lowest BCUT2D eigenvalue weighted by atomic mass is 10.1. The van der Waals surface area contributed by atoms with Gasteiger partial charge in [0.25, 0.3) is 0 Å². The molecule has 0 aliphatic heterocycles. The number of aliphatic hydroxyl groups is 1. The second kappa shape index (κ2) is 8.88. The van der Waals surface area contributed by atoms with Gasteiger partial charge in [-0.25, -0.2) is 0 Å². The highest BCUT2D eigenvalue weighted by Gasteiger charge is 2.21. The van der Waals surface area contributed by atoms with Crippen molar-refractivity contribution in [1.29, 1.82) is 0 Å². The average Bonchev–Trinajstić information content (AvgIpc) is 3.09. The number of benzene rings is 1. The van der Waals surface area contributed by atoms with E-state index in [4.69, 9.17) is 14.6 Å². The van der Waals surface area contributed by atoms with Crippen LogP contribution in [0.4, 0.5) is 0 Å². The van der Waals surface area contributed by atoms with Gasteiger partial charge in [0.15, 0.2) is 5.75 Å². The Labute approximate surface area is 155 Å². The zero-order chi connectivity index (χ0) is 19.3. The summed E-state index contributed by atoms with van der Waals surface area (Å²) in [4.78, 5) is 11.9. The molecule has 0 saturated heterocycles. The van der Waals surface area contributed by atoms with Gasteiger partial charge >= 0.3 is 5.16 Å². The fraction of sp³-hybridized carbons (Fsp3) is 0.333. The third kappa shape index (κ3) is 4.09. The van der Waals surface area contributed by atoms with Crippen LogP contribution in [-0.2, 0) is 16.9 Å². The largest absolute Gasteiger partial charge is 0.609 e. The van der Waals surface area contributed by atoms with Gasteiger partial charge < -0.3 is 19.1 Å². The van der Waals surface area contributed by atoms with Gasteiger partial charge in [0.2, 0.25) is 0 Å². The number of aryl methyl sites for hydroxylation is 1. The van der Waals surface area contributed by atoms with Crippen molar-refractivity contribution in [2.45, 2.75) is 24.8 Å². The molecule has 2 aromatic heterocycles. The Kier molecular flexibility index (Phi) is 6.84. The minimum Gasteiger partial charge on any atom is -0.609 e. The molecular weight excluding hydrogens is 354 g/mol. The second-order valence-corrected chi connectivity index (χ2v) is 6.83. The van der Waals surface area contributed by atoms with Crippen molar-refractivity contribution >= 4 is 22.2 Å². The topological polar surface area (TPSA) is 103 Å². The summed E-state index contributed by atoms with van der Waals surface area (Å²) in [6, 6.07) is 5.51. The molecule has 2 heterocycles. The van der Waals surface area contributed by atoms with E-state index in [0.29, 0.717) is 10.9 Å². The standard InChI is InChI=1S/C17H19N3O3S.CH4O/c1-10-8-18-15(11(2)16(10)23-4)9-24(21)17-19-13-6-5-12(22-3)7-14(13)20-17;1-2/h5-8H,9H2,1-4H3,(H,19,20);2H,1H3/t24-;/m0./s1. The highest BCUT2D eigenvalue weighted by molar-refractivity contribution is 7.90. The summed E-state index contributed by atoms with van der Waals surface area (Å²) in [5.74, 6) is 1.78. The van der Waals surface area contributed by atoms with E-state index in [9.17, 15) is 4.55 Å². The molecule has 140 valence electrons. The van der Waals surface area contributed by atoms with E-state index in [-0.39, 0.29) is 5.75 Å². The monoisotopic (exact) mass is 377 g/mol. The van der Waals surface area contributed by atoms with Gasteiger partial charge in [0, 0.05) is 41.7 Å². The minimum atomic E-state index is -1.33. The van der Waals surface area contributed by atoms with Gasteiger partial charge in [-0.2, -0.15) is 4.98 Å². The molecular formula is C18H23N3O4S. The van der Waals surface area contributed by atoms with Gasteiger partial charge in [-0.1, -0.05) is 0 Å². The Bertz CT molecular complexity index is 882. The van der Waals surface area contributed by atoms with E-state index in [1.807, 2.05) is 32.0 Å². The maximum absolute atomic E-state index is 12.7. The molecule has 2 N–H and O–H groups in total. The number of aromatic nitrogens is 3. The predicted octanol–water partition coefficient (Wildman–Crippen LogP) is 2.51. The van der Waals surface area contributed by atoms with Crippen LogP contribution < -0.4 is 9.47 Å². The molecule has 1 aromatic carbocycles. The molecule has 3 aromatic rings. The normalized spacial score (nSPS) is 11.7. The number of nitrogens with zero attached hydrogens (tertiary/aromatic N) is 2. The first-order valence-electron chi connectivity index (χ1n) is 7.89. The summed E-state index contributed by atoms with van der Waals surface area (Å²) in [6.45, 7) is 3.86. The Morgan fingerprint density at radius 3 is 2.58 bits per heavy atom. The molecule has 8 heteroatoms. The fourth-order valence-electron chi connectivity index (χ4n) is 2.61. The molecule has 0 unspecified atom stereocenters. The van der Waals surface area contributed by atoms with E-state index in [0.717, 1.165) is 40.7 Å². The molecule has 0 aliphatic rings. The first kappa shape index (κ1) is 20.0. The zero-order valence-electron chi connectivity index (χ0n) is 15.5. The van der Waals surface area contributed by atoms with Crippen molar-refractivity contribution in [3.63, 3.8) is 0 Å². The predicted molar refractivity (Wildman–Crippen MR) is 101 cm³/mol. The van der Waals surface area contributed by atoms with Crippen LogP contribution in [0.25, 0.3) is 11.0 Å². The molecule has 3 rings (SSSR count).